The summed E-state index contributed by atoms with van der Waals surface area (Å²) in [5.41, 5.74) is 7.25. The second-order valence-corrected chi connectivity index (χ2v) is 7.67. The van der Waals surface area contributed by atoms with Crippen molar-refractivity contribution >= 4 is 23.4 Å². The van der Waals surface area contributed by atoms with E-state index >= 15 is 0 Å². The van der Waals surface area contributed by atoms with Crippen molar-refractivity contribution < 1.29 is 19.5 Å². The molecule has 0 aliphatic rings. The topological polar surface area (TPSA) is 109 Å². The zero-order valence-electron chi connectivity index (χ0n) is 17.0. The average molecular weight is 442 g/mol. The van der Waals surface area contributed by atoms with Crippen molar-refractivity contribution in [3.05, 3.63) is 82.6 Å². The first-order chi connectivity index (χ1) is 14.8. The first-order valence-corrected chi connectivity index (χ1v) is 10.2. The Morgan fingerprint density at radius 1 is 1.16 bits per heavy atom. The van der Waals surface area contributed by atoms with E-state index in [4.69, 9.17) is 22.1 Å². The van der Waals surface area contributed by atoms with Gasteiger partial charge >= 0.3 is 6.03 Å². The molecule has 3 rings (SSSR count). The van der Waals surface area contributed by atoms with E-state index in [0.29, 0.717) is 45.7 Å². The highest BCUT2D eigenvalue weighted by atomic mass is 35.5. The van der Waals surface area contributed by atoms with E-state index in [2.05, 4.69) is 4.98 Å². The van der Waals surface area contributed by atoms with Crippen LogP contribution < -0.4 is 10.5 Å². The Bertz CT molecular complexity index is 1050. The Morgan fingerprint density at radius 3 is 2.61 bits per heavy atom. The quantitative estimate of drug-likeness (QED) is 0.247. The molecule has 0 aliphatic heterocycles. The molecule has 0 saturated carbocycles. The monoisotopic (exact) mass is 441 g/mol. The number of carbonyl (C=O) groups excluding carboxylic acids is 2. The Balaban J connectivity index is 1.61. The molecule has 1 unspecified atom stereocenters. The lowest BCUT2D eigenvalue weighted by Crippen LogP contribution is -2.40. The van der Waals surface area contributed by atoms with Gasteiger partial charge in [-0.25, -0.2) is 9.86 Å². The summed E-state index contributed by atoms with van der Waals surface area (Å²) < 4.78 is 5.84. The first-order valence-electron chi connectivity index (χ1n) is 9.83. The van der Waals surface area contributed by atoms with Gasteiger partial charge in [-0.3, -0.25) is 10.0 Å². The molecular weight excluding hydrogens is 418 g/mol. The van der Waals surface area contributed by atoms with Crippen LogP contribution in [0.15, 0.2) is 60.8 Å². The summed E-state index contributed by atoms with van der Waals surface area (Å²) in [6.07, 6.45) is 2.80. The van der Waals surface area contributed by atoms with Crippen molar-refractivity contribution in [1.29, 1.82) is 0 Å². The van der Waals surface area contributed by atoms with Crippen LogP contribution in [0.2, 0.25) is 5.02 Å². The zero-order chi connectivity index (χ0) is 22.4. The van der Waals surface area contributed by atoms with Gasteiger partial charge in [-0.2, -0.15) is 0 Å². The van der Waals surface area contributed by atoms with Gasteiger partial charge < -0.3 is 15.5 Å². The molecule has 2 amide bonds. The number of aromatic nitrogens is 1. The summed E-state index contributed by atoms with van der Waals surface area (Å²) >= 11 is 5.90. The minimum Gasteiger partial charge on any atom is -0.457 e. The minimum atomic E-state index is -0.937. The van der Waals surface area contributed by atoms with Crippen molar-refractivity contribution in [2.75, 3.05) is 0 Å². The van der Waals surface area contributed by atoms with Crippen LogP contribution in [-0.4, -0.2) is 33.1 Å². The molecule has 1 heterocycles. The maximum Gasteiger partial charge on any atom is 0.338 e. The van der Waals surface area contributed by atoms with Gasteiger partial charge in [-0.15, -0.1) is 0 Å². The van der Waals surface area contributed by atoms with E-state index in [0.717, 1.165) is 5.56 Å². The molecule has 8 heteroatoms. The van der Waals surface area contributed by atoms with E-state index in [1.165, 1.54) is 0 Å². The molecule has 162 valence electrons. The largest absolute Gasteiger partial charge is 0.457 e. The smallest absolute Gasteiger partial charge is 0.338 e. The Labute approximate surface area is 185 Å². The lowest BCUT2D eigenvalue weighted by Gasteiger charge is -2.20. The third-order valence-corrected chi connectivity index (χ3v) is 5.12. The van der Waals surface area contributed by atoms with E-state index in [-0.39, 0.29) is 12.2 Å². The first kappa shape index (κ1) is 22.4. The van der Waals surface area contributed by atoms with Gasteiger partial charge in [0, 0.05) is 35.3 Å². The third kappa shape index (κ3) is 6.10. The van der Waals surface area contributed by atoms with Crippen molar-refractivity contribution in [3.63, 3.8) is 0 Å². The summed E-state index contributed by atoms with van der Waals surface area (Å²) in [6.45, 7) is 1.64. The number of H-pyrrole nitrogens is 1. The highest BCUT2D eigenvalue weighted by Crippen LogP contribution is 2.24. The number of benzene rings is 2. The van der Waals surface area contributed by atoms with E-state index in [9.17, 15) is 14.8 Å². The normalized spacial score (nSPS) is 11.7. The molecule has 0 fully saturated rings. The fraction of sp³-hybridized carbons (Fsp3) is 0.217. The van der Waals surface area contributed by atoms with Crippen LogP contribution in [-0.2, 0) is 12.8 Å². The number of ether oxygens (including phenoxy) is 1. The predicted molar refractivity (Wildman–Crippen MR) is 118 cm³/mol. The zero-order valence-corrected chi connectivity index (χ0v) is 17.8. The average Bonchev–Trinajstić information content (AvgIpc) is 3.21. The molecule has 31 heavy (non-hydrogen) atoms. The van der Waals surface area contributed by atoms with Crippen LogP contribution in [0.3, 0.4) is 0 Å². The number of Topliss-reactive ketones (excluding diaryl/α,β-unsaturated/α-hetero) is 1. The van der Waals surface area contributed by atoms with Crippen LogP contribution in [0.4, 0.5) is 4.79 Å². The highest BCUT2D eigenvalue weighted by molar-refractivity contribution is 6.30. The summed E-state index contributed by atoms with van der Waals surface area (Å²) in [4.78, 5) is 26.9. The maximum absolute atomic E-state index is 12.8. The molecule has 0 aliphatic carbocycles. The number of urea groups is 1. The Hall–Kier alpha value is -3.29. The number of nitrogens with two attached hydrogens (primary N) is 1. The lowest BCUT2D eigenvalue weighted by molar-refractivity contribution is -0.0694. The van der Waals surface area contributed by atoms with E-state index in [1.54, 1.807) is 43.5 Å². The second kappa shape index (κ2) is 10.1. The number of nitrogens with zero attached hydrogens (tertiary/aromatic N) is 1. The summed E-state index contributed by atoms with van der Waals surface area (Å²) in [7, 11) is 0. The molecule has 1 aromatic heterocycles. The van der Waals surface area contributed by atoms with Gasteiger partial charge in [0.1, 0.15) is 11.5 Å². The number of amides is 2. The molecule has 0 saturated heterocycles. The van der Waals surface area contributed by atoms with Crippen LogP contribution in [0.1, 0.15) is 35.0 Å². The number of ketones is 1. The number of hydroxylamine groups is 2. The van der Waals surface area contributed by atoms with Gasteiger partial charge in [-0.1, -0.05) is 23.7 Å². The predicted octanol–water partition coefficient (Wildman–Crippen LogP) is 4.98. The number of rotatable bonds is 9. The highest BCUT2D eigenvalue weighted by Gasteiger charge is 2.20. The fourth-order valence-corrected chi connectivity index (χ4v) is 3.35. The molecule has 1 atom stereocenters. The van der Waals surface area contributed by atoms with Crippen LogP contribution in [0.5, 0.6) is 11.5 Å². The van der Waals surface area contributed by atoms with Crippen molar-refractivity contribution in [2.24, 2.45) is 5.73 Å². The third-order valence-electron chi connectivity index (χ3n) is 4.86. The molecule has 0 spiro atoms. The summed E-state index contributed by atoms with van der Waals surface area (Å²) in [6, 6.07) is 14.9. The maximum atomic E-state index is 12.8. The SMILES string of the molecule is CC(Cc1[nH]ccc1C(=O)CCc1cccc(Oc2ccc(Cl)cc2)c1)N(O)C(N)=O. The van der Waals surface area contributed by atoms with Gasteiger partial charge in [0.15, 0.2) is 5.78 Å². The van der Waals surface area contributed by atoms with Crippen molar-refractivity contribution in [3.8, 4) is 11.5 Å². The molecule has 0 radical (unpaired) electrons. The number of aryl methyl sites for hydroxylation is 1. The molecule has 4 N–H and O–H groups in total. The lowest BCUT2D eigenvalue weighted by atomic mass is 10.0. The minimum absolute atomic E-state index is 0.0314. The Kier molecular flexibility index (Phi) is 7.33. The van der Waals surface area contributed by atoms with Crippen molar-refractivity contribution in [2.45, 2.75) is 32.2 Å². The number of aromatic amines is 1. The van der Waals surface area contributed by atoms with Gasteiger partial charge in [0.25, 0.3) is 0 Å². The molecule has 2 aromatic carbocycles. The van der Waals surface area contributed by atoms with Crippen molar-refractivity contribution in [1.82, 2.24) is 10.0 Å². The van der Waals surface area contributed by atoms with E-state index in [1.807, 2.05) is 24.3 Å². The number of hydrogen-bond donors (Lipinski definition) is 3. The van der Waals surface area contributed by atoms with Gasteiger partial charge in [0.05, 0.1) is 6.04 Å². The van der Waals surface area contributed by atoms with Gasteiger partial charge in [-0.05, 0) is 61.4 Å². The summed E-state index contributed by atoms with van der Waals surface area (Å²) in [5, 5.41) is 10.8. The number of hydrogen-bond acceptors (Lipinski definition) is 4. The second-order valence-electron chi connectivity index (χ2n) is 7.23. The Morgan fingerprint density at radius 2 is 1.90 bits per heavy atom. The standard InChI is InChI=1S/C23H24ClN3O4/c1-15(27(30)23(25)29)13-21-20(11-12-26-21)22(28)10-5-16-3-2-4-19(14-16)31-18-8-6-17(24)7-9-18/h2-4,6-9,11-12,14-15,26,30H,5,10,13H2,1H3,(H2,25,29). The van der Waals surface area contributed by atoms with Crippen LogP contribution >= 0.6 is 11.6 Å². The molecule has 7 nitrogen and oxygen atoms in total. The molecular formula is C23H24ClN3O4. The van der Waals surface area contributed by atoms with Crippen LogP contribution in [0, 0.1) is 0 Å². The number of primary amides is 1. The molecule has 0 bridgehead atoms. The number of halogens is 1. The van der Waals surface area contributed by atoms with E-state index < -0.39 is 12.1 Å². The number of carbonyl (C=O) groups is 2. The number of nitrogens with one attached hydrogen (secondary N) is 1. The molecule has 3 aromatic rings. The fourth-order valence-electron chi connectivity index (χ4n) is 3.23. The summed E-state index contributed by atoms with van der Waals surface area (Å²) in [5.74, 6) is 1.33. The van der Waals surface area contributed by atoms with Crippen LogP contribution in [0.25, 0.3) is 0 Å². The van der Waals surface area contributed by atoms with Gasteiger partial charge in [0.2, 0.25) is 0 Å².